The number of hydrogen-bond donors (Lipinski definition) is 0. The predicted octanol–water partition coefficient (Wildman–Crippen LogP) is 16.3. The Kier molecular flexibility index (Phi) is 15.1. The maximum atomic E-state index is 8.52. The van der Waals surface area contributed by atoms with Crippen LogP contribution in [0.5, 0.6) is 17.2 Å². The first-order valence-corrected chi connectivity index (χ1v) is 27.1. The van der Waals surface area contributed by atoms with Crippen LogP contribution in [0.3, 0.4) is 0 Å². The SMILES string of the molecule is CC(C)(C)c1ccc(C(c2ccc(OCc3cn(CCOc4ccc(-c5ccc6ccc7ccc(-c8ccc(OCCN=[N+]=[N-])cc8)nc7c6n5)cc4)nn3)cc2)(c2ccc(C(C)(C)C)cc2)c2ccc(C(C)(C)C)cc2)cc1. The minimum absolute atomic E-state index is 0.0184. The van der Waals surface area contributed by atoms with Gasteiger partial charge in [-0.1, -0.05) is 182 Å². The highest BCUT2D eigenvalue weighted by Gasteiger charge is 2.39. The van der Waals surface area contributed by atoms with Crippen LogP contribution in [0.1, 0.15) is 107 Å². The molecular weight excluding hydrogens is 977 g/mol. The van der Waals surface area contributed by atoms with Gasteiger partial charge in [0.1, 0.15) is 36.2 Å². The molecule has 0 spiro atoms. The van der Waals surface area contributed by atoms with Crippen LogP contribution in [0.25, 0.3) is 54.8 Å². The number of rotatable bonds is 17. The third kappa shape index (κ3) is 11.9. The highest BCUT2D eigenvalue weighted by Crippen LogP contribution is 2.47. The summed E-state index contributed by atoms with van der Waals surface area (Å²) in [7, 11) is 0. The van der Waals surface area contributed by atoms with Crippen molar-refractivity contribution in [1.82, 2.24) is 25.0 Å². The van der Waals surface area contributed by atoms with E-state index < -0.39 is 5.41 Å². The molecule has 10 rings (SSSR count). The molecule has 0 saturated carbocycles. The third-order valence-electron chi connectivity index (χ3n) is 14.7. The van der Waals surface area contributed by atoms with E-state index in [1.807, 2.05) is 66.9 Å². The number of hydrogen-bond acceptors (Lipinski definition) is 8. The molecule has 0 aliphatic carbocycles. The molecule has 3 aromatic heterocycles. The maximum Gasteiger partial charge on any atom is 0.134 e. The molecule has 0 bridgehead atoms. The number of aromatic nitrogens is 5. The van der Waals surface area contributed by atoms with Gasteiger partial charge >= 0.3 is 0 Å². The number of fused-ring (bicyclic) bond motifs is 3. The molecule has 0 unspecified atom stereocenters. The summed E-state index contributed by atoms with van der Waals surface area (Å²) in [5, 5.41) is 14.4. The van der Waals surface area contributed by atoms with Crippen molar-refractivity contribution in [3.63, 3.8) is 0 Å². The smallest absolute Gasteiger partial charge is 0.134 e. The lowest BCUT2D eigenvalue weighted by Gasteiger charge is -2.38. The van der Waals surface area contributed by atoms with Gasteiger partial charge in [0.15, 0.2) is 0 Å². The lowest BCUT2D eigenvalue weighted by molar-refractivity contribution is 0.289. The van der Waals surface area contributed by atoms with Gasteiger partial charge in [-0.05, 0) is 134 Å². The van der Waals surface area contributed by atoms with Gasteiger partial charge in [0, 0.05) is 26.8 Å². The van der Waals surface area contributed by atoms with E-state index in [9.17, 15) is 0 Å². The van der Waals surface area contributed by atoms with E-state index in [-0.39, 0.29) is 29.4 Å². The van der Waals surface area contributed by atoms with Gasteiger partial charge < -0.3 is 14.2 Å². The first-order chi connectivity index (χ1) is 37.9. The van der Waals surface area contributed by atoms with Gasteiger partial charge in [0.25, 0.3) is 0 Å². The summed E-state index contributed by atoms with van der Waals surface area (Å²) in [6, 6.07) is 64.4. The zero-order chi connectivity index (χ0) is 55.4. The van der Waals surface area contributed by atoms with Crippen LogP contribution in [0, 0.1) is 0 Å². The van der Waals surface area contributed by atoms with Crippen LogP contribution in [-0.4, -0.2) is 44.7 Å². The van der Waals surface area contributed by atoms with Gasteiger partial charge in [-0.25, -0.2) is 14.6 Å². The fraction of sp³-hybridized carbons (Fsp3) is 0.265. The molecule has 0 N–H and O–H groups in total. The Balaban J connectivity index is 0.808. The molecule has 3 heterocycles. The fourth-order valence-electron chi connectivity index (χ4n) is 10.2. The minimum Gasteiger partial charge on any atom is -0.493 e. The summed E-state index contributed by atoms with van der Waals surface area (Å²) >= 11 is 0. The zero-order valence-corrected chi connectivity index (χ0v) is 46.7. The molecule has 0 atom stereocenters. The van der Waals surface area contributed by atoms with E-state index >= 15 is 0 Å². The summed E-state index contributed by atoms with van der Waals surface area (Å²) < 4.78 is 20.0. The summed E-state index contributed by atoms with van der Waals surface area (Å²) in [5.74, 6) is 2.19. The van der Waals surface area contributed by atoms with E-state index in [2.05, 4.69) is 204 Å². The Labute approximate surface area is 463 Å². The first kappa shape index (κ1) is 53.6. The van der Waals surface area contributed by atoms with Crippen LogP contribution in [0.4, 0.5) is 0 Å². The Morgan fingerprint density at radius 2 is 0.810 bits per heavy atom. The zero-order valence-electron chi connectivity index (χ0n) is 46.7. The van der Waals surface area contributed by atoms with E-state index in [1.165, 1.54) is 33.4 Å². The highest BCUT2D eigenvalue weighted by atomic mass is 16.5. The van der Waals surface area contributed by atoms with E-state index in [4.69, 9.17) is 29.7 Å². The summed E-state index contributed by atoms with van der Waals surface area (Å²) in [6.45, 7) is 22.2. The van der Waals surface area contributed by atoms with Crippen LogP contribution in [0.2, 0.25) is 0 Å². The molecule has 0 amide bonds. The Morgan fingerprint density at radius 1 is 0.443 bits per heavy atom. The summed E-state index contributed by atoms with van der Waals surface area (Å²) in [5.41, 5.74) is 22.6. The van der Waals surface area contributed by atoms with Crippen molar-refractivity contribution in [1.29, 1.82) is 0 Å². The second kappa shape index (κ2) is 22.3. The molecule has 0 aliphatic heterocycles. The molecule has 0 saturated heterocycles. The molecule has 11 nitrogen and oxygen atoms in total. The van der Waals surface area contributed by atoms with Crippen molar-refractivity contribution in [3.05, 3.63) is 243 Å². The average molecular weight is 1050 g/mol. The molecule has 11 heteroatoms. The Bertz CT molecular complexity index is 3610. The van der Waals surface area contributed by atoms with Crippen molar-refractivity contribution < 1.29 is 14.2 Å². The summed E-state index contributed by atoms with van der Waals surface area (Å²) in [6.07, 6.45) is 1.91. The number of ether oxygens (including phenoxy) is 3. The second-order valence-corrected chi connectivity index (χ2v) is 23.3. The normalized spacial score (nSPS) is 12.1. The molecule has 7 aromatic carbocycles. The molecule has 10 aromatic rings. The van der Waals surface area contributed by atoms with Crippen LogP contribution in [0.15, 0.2) is 193 Å². The van der Waals surface area contributed by atoms with E-state index in [1.54, 1.807) is 4.68 Å². The van der Waals surface area contributed by atoms with Crippen LogP contribution >= 0.6 is 0 Å². The van der Waals surface area contributed by atoms with Crippen LogP contribution < -0.4 is 14.2 Å². The maximum absolute atomic E-state index is 8.52. The number of nitrogens with zero attached hydrogens (tertiary/aromatic N) is 8. The van der Waals surface area contributed by atoms with Gasteiger partial charge in [0.05, 0.1) is 53.7 Å². The van der Waals surface area contributed by atoms with Crippen molar-refractivity contribution in [3.8, 4) is 39.8 Å². The molecule has 398 valence electrons. The van der Waals surface area contributed by atoms with Gasteiger partial charge in [-0.15, -0.1) is 5.10 Å². The quantitative estimate of drug-likeness (QED) is 0.0221. The molecule has 79 heavy (non-hydrogen) atoms. The summed E-state index contributed by atoms with van der Waals surface area (Å²) in [4.78, 5) is 13.0. The van der Waals surface area contributed by atoms with Crippen molar-refractivity contribution in [2.45, 2.75) is 97.1 Å². The first-order valence-electron chi connectivity index (χ1n) is 27.1. The number of pyridine rings is 2. The minimum atomic E-state index is -0.617. The predicted molar refractivity (Wildman–Crippen MR) is 318 cm³/mol. The topological polar surface area (TPSA) is 133 Å². The lowest BCUT2D eigenvalue weighted by Crippen LogP contribution is -2.31. The van der Waals surface area contributed by atoms with Crippen molar-refractivity contribution >= 4 is 21.8 Å². The van der Waals surface area contributed by atoms with Gasteiger partial charge in [-0.3, -0.25) is 0 Å². The molecular formula is C68H68N8O3. The Morgan fingerprint density at radius 3 is 1.23 bits per heavy atom. The molecule has 0 aliphatic rings. The monoisotopic (exact) mass is 1040 g/mol. The fourth-order valence-corrected chi connectivity index (χ4v) is 10.2. The van der Waals surface area contributed by atoms with Gasteiger partial charge in [0.2, 0.25) is 0 Å². The number of azide groups is 1. The lowest BCUT2D eigenvalue weighted by atomic mass is 9.64. The standard InChI is InChI=1S/C68H68N8O3/c1-65(2,3)50-18-24-53(25-19-50)68(54-26-20-51(21-27-54)66(4,5)6,55-28-22-52(23-29-55)67(7,8)9)56-30-36-60(37-31-56)79-45-57-44-76(75-73-57)41-43-78-59-34-14-47(15-35-59)62-39-17-49-11-10-48-16-38-61(71-63(48)64(49)72-62)46-12-32-58(33-13-46)77-42-40-70-74-69/h10-39,44H,40-43,45H2,1-9H3. The van der Waals surface area contributed by atoms with Gasteiger partial charge in [-0.2, -0.15) is 0 Å². The molecule has 0 fully saturated rings. The van der Waals surface area contributed by atoms with Crippen molar-refractivity contribution in [2.24, 2.45) is 5.11 Å². The third-order valence-corrected chi connectivity index (χ3v) is 14.7. The van der Waals surface area contributed by atoms with Crippen LogP contribution in [-0.2, 0) is 34.8 Å². The second-order valence-electron chi connectivity index (χ2n) is 23.3. The Hall–Kier alpha value is -8.79. The molecule has 0 radical (unpaired) electrons. The van der Waals surface area contributed by atoms with E-state index in [0.29, 0.717) is 25.5 Å². The van der Waals surface area contributed by atoms with Crippen molar-refractivity contribution in [2.75, 3.05) is 19.8 Å². The largest absolute Gasteiger partial charge is 0.493 e. The van der Waals surface area contributed by atoms with E-state index in [0.717, 1.165) is 67.1 Å². The number of benzene rings is 7. The highest BCUT2D eigenvalue weighted by molar-refractivity contribution is 6.04. The average Bonchev–Trinajstić information content (AvgIpc) is 4.05.